The number of halogens is 2. The summed E-state index contributed by atoms with van der Waals surface area (Å²) in [4.78, 5) is 26.1. The summed E-state index contributed by atoms with van der Waals surface area (Å²) in [7, 11) is 1.55. The molecule has 2 bridgehead atoms. The normalized spacial score (nSPS) is 30.6. The molecular weight excluding hydrogens is 475 g/mol. The summed E-state index contributed by atoms with van der Waals surface area (Å²) in [5.74, 6) is 1.67. The van der Waals surface area contributed by atoms with Gasteiger partial charge >= 0.3 is 0 Å². The van der Waals surface area contributed by atoms with Crippen LogP contribution in [0.5, 0.6) is 11.5 Å². The lowest BCUT2D eigenvalue weighted by atomic mass is 9.63. The Morgan fingerprint density at radius 2 is 1.71 bits per heavy atom. The van der Waals surface area contributed by atoms with E-state index in [1.165, 1.54) is 6.21 Å². The van der Waals surface area contributed by atoms with Crippen molar-refractivity contribution in [2.45, 2.75) is 13.0 Å². The Balaban J connectivity index is 1.17. The first-order valence-corrected chi connectivity index (χ1v) is 12.1. The van der Waals surface area contributed by atoms with Crippen molar-refractivity contribution < 1.29 is 19.1 Å². The Bertz CT molecular complexity index is 1220. The van der Waals surface area contributed by atoms with Gasteiger partial charge in [-0.25, -0.2) is 0 Å². The molecule has 0 unspecified atom stereocenters. The molecule has 5 aliphatic rings. The van der Waals surface area contributed by atoms with Gasteiger partial charge in [0.2, 0.25) is 0 Å². The minimum atomic E-state index is -0.256. The number of carbonyl (C=O) groups is 2. The molecule has 3 fully saturated rings. The summed E-state index contributed by atoms with van der Waals surface area (Å²) >= 11 is 12.2. The topological polar surface area (TPSA) is 68.2 Å². The molecule has 6 nitrogen and oxygen atoms in total. The maximum absolute atomic E-state index is 13.1. The lowest BCUT2D eigenvalue weighted by Gasteiger charge is -2.37. The van der Waals surface area contributed by atoms with E-state index in [9.17, 15) is 9.59 Å². The molecule has 7 rings (SSSR count). The van der Waals surface area contributed by atoms with E-state index in [1.54, 1.807) is 37.4 Å². The molecule has 2 aromatic rings. The third kappa shape index (κ3) is 3.43. The van der Waals surface area contributed by atoms with E-state index in [0.29, 0.717) is 38.9 Å². The van der Waals surface area contributed by atoms with Crippen molar-refractivity contribution in [2.24, 2.45) is 40.6 Å². The van der Waals surface area contributed by atoms with Gasteiger partial charge < -0.3 is 9.47 Å². The molecular formula is C26H22Cl2N2O4. The Kier molecular flexibility index (Phi) is 5.19. The molecule has 2 amide bonds. The standard InChI is InChI=1S/C26H22Cl2N2O4/c1-33-22-8-13(2-7-21(22)34-12-14-3-4-15(27)9-20(14)28)11-29-30-25(31)23-16-5-6-17(19-10-18(16)19)24(23)26(30)32/h2-9,11,16-19,23-24H,10,12H2,1H3/t16-,17-,18-,19+,23+,24+/m0/s1. The Hall–Kier alpha value is -2.83. The molecule has 1 aliphatic heterocycles. The summed E-state index contributed by atoms with van der Waals surface area (Å²) < 4.78 is 11.4. The first-order valence-electron chi connectivity index (χ1n) is 11.3. The number of nitrogens with zero attached hydrogens (tertiary/aromatic N) is 2. The number of hydrazone groups is 1. The molecule has 4 aliphatic carbocycles. The number of carbonyl (C=O) groups excluding carboxylic acids is 2. The Morgan fingerprint density at radius 1 is 1.00 bits per heavy atom. The number of allylic oxidation sites excluding steroid dienone is 2. The number of hydrogen-bond acceptors (Lipinski definition) is 5. The highest BCUT2D eigenvalue weighted by Crippen LogP contribution is 2.65. The van der Waals surface area contributed by atoms with Crippen LogP contribution in [-0.4, -0.2) is 30.1 Å². The van der Waals surface area contributed by atoms with Crippen LogP contribution >= 0.6 is 23.2 Å². The van der Waals surface area contributed by atoms with Gasteiger partial charge in [0.15, 0.2) is 11.5 Å². The minimum Gasteiger partial charge on any atom is -0.493 e. The second kappa shape index (κ2) is 8.14. The number of ether oxygens (including phenoxy) is 2. The van der Waals surface area contributed by atoms with Crippen molar-refractivity contribution in [3.05, 3.63) is 69.7 Å². The largest absolute Gasteiger partial charge is 0.493 e. The highest BCUT2D eigenvalue weighted by Gasteiger charge is 2.67. The van der Waals surface area contributed by atoms with Crippen LogP contribution < -0.4 is 9.47 Å². The third-order valence-corrected chi connectivity index (χ3v) is 8.13. The van der Waals surface area contributed by atoms with E-state index in [-0.39, 0.29) is 42.1 Å². The first-order chi connectivity index (χ1) is 16.5. The van der Waals surface area contributed by atoms with Crippen LogP contribution in [0.4, 0.5) is 0 Å². The van der Waals surface area contributed by atoms with E-state index >= 15 is 0 Å². The van der Waals surface area contributed by atoms with Gasteiger partial charge in [-0.15, -0.1) is 0 Å². The maximum Gasteiger partial charge on any atom is 0.254 e. The van der Waals surface area contributed by atoms with Crippen molar-refractivity contribution >= 4 is 41.2 Å². The first kappa shape index (κ1) is 21.7. The van der Waals surface area contributed by atoms with Gasteiger partial charge in [-0.05, 0) is 66.0 Å². The van der Waals surface area contributed by atoms with Crippen LogP contribution in [0.3, 0.4) is 0 Å². The number of hydrogen-bond donors (Lipinski definition) is 0. The molecule has 174 valence electrons. The average Bonchev–Trinajstić information content (AvgIpc) is 3.62. The lowest BCUT2D eigenvalue weighted by molar-refractivity contribution is -0.140. The van der Waals surface area contributed by atoms with Crippen molar-refractivity contribution in [1.29, 1.82) is 0 Å². The van der Waals surface area contributed by atoms with E-state index < -0.39 is 0 Å². The highest BCUT2D eigenvalue weighted by molar-refractivity contribution is 6.35. The number of rotatable bonds is 6. The van der Waals surface area contributed by atoms with Gasteiger partial charge in [-0.3, -0.25) is 9.59 Å². The van der Waals surface area contributed by atoms with Crippen LogP contribution in [0.15, 0.2) is 53.7 Å². The zero-order chi connectivity index (χ0) is 23.6. The van der Waals surface area contributed by atoms with Gasteiger partial charge in [-0.2, -0.15) is 10.1 Å². The Morgan fingerprint density at radius 3 is 2.35 bits per heavy atom. The smallest absolute Gasteiger partial charge is 0.254 e. The minimum absolute atomic E-state index is 0.178. The summed E-state index contributed by atoms with van der Waals surface area (Å²) in [6.07, 6.45) is 6.96. The average molecular weight is 497 g/mol. The fraction of sp³-hybridized carbons (Fsp3) is 0.346. The van der Waals surface area contributed by atoms with Crippen LogP contribution in [0.2, 0.25) is 10.0 Å². The molecule has 1 saturated heterocycles. The van der Waals surface area contributed by atoms with Gasteiger partial charge in [-0.1, -0.05) is 41.4 Å². The fourth-order valence-corrected chi connectivity index (χ4v) is 6.32. The van der Waals surface area contributed by atoms with E-state index in [1.807, 2.05) is 6.07 Å². The summed E-state index contributed by atoms with van der Waals surface area (Å²) in [6, 6.07) is 10.5. The van der Waals surface area contributed by atoms with Crippen molar-refractivity contribution in [3.8, 4) is 11.5 Å². The second-order valence-electron chi connectivity index (χ2n) is 9.32. The summed E-state index contributed by atoms with van der Waals surface area (Å²) in [5.41, 5.74) is 1.49. The van der Waals surface area contributed by atoms with Crippen LogP contribution in [0.1, 0.15) is 17.5 Å². The fourth-order valence-electron chi connectivity index (χ4n) is 5.86. The Labute approximate surface area is 207 Å². The van der Waals surface area contributed by atoms with Crippen LogP contribution in [0.25, 0.3) is 0 Å². The monoisotopic (exact) mass is 496 g/mol. The highest BCUT2D eigenvalue weighted by atomic mass is 35.5. The third-order valence-electron chi connectivity index (χ3n) is 7.55. The quantitative estimate of drug-likeness (QED) is 0.321. The molecule has 8 heteroatoms. The van der Waals surface area contributed by atoms with E-state index in [0.717, 1.165) is 17.0 Å². The summed E-state index contributed by atoms with van der Waals surface area (Å²) in [6.45, 7) is 0.248. The zero-order valence-corrected chi connectivity index (χ0v) is 19.9. The predicted octanol–water partition coefficient (Wildman–Crippen LogP) is 4.97. The molecule has 0 N–H and O–H groups in total. The SMILES string of the molecule is COc1cc(C=NN2C(=O)[C@@H]3[C@H]4C=C[C@@H]([C@@H]5C[C@H]45)[C@H]3C2=O)ccc1OCc1ccc(Cl)cc1Cl. The van der Waals surface area contributed by atoms with Crippen LogP contribution in [0, 0.1) is 35.5 Å². The van der Waals surface area contributed by atoms with Gasteiger partial charge in [0, 0.05) is 15.6 Å². The van der Waals surface area contributed by atoms with Crippen LogP contribution in [-0.2, 0) is 16.2 Å². The van der Waals surface area contributed by atoms with Crippen molar-refractivity contribution in [2.75, 3.05) is 7.11 Å². The number of imide groups is 1. The lowest BCUT2D eigenvalue weighted by Crippen LogP contribution is -2.40. The van der Waals surface area contributed by atoms with Gasteiger partial charge in [0.1, 0.15) is 6.61 Å². The van der Waals surface area contributed by atoms with Crippen molar-refractivity contribution in [1.82, 2.24) is 5.01 Å². The molecule has 0 aromatic heterocycles. The molecule has 1 heterocycles. The molecule has 2 saturated carbocycles. The zero-order valence-electron chi connectivity index (χ0n) is 18.4. The predicted molar refractivity (Wildman–Crippen MR) is 128 cm³/mol. The molecule has 6 atom stereocenters. The van der Waals surface area contributed by atoms with Gasteiger partial charge in [0.25, 0.3) is 11.8 Å². The van der Waals surface area contributed by atoms with E-state index in [4.69, 9.17) is 32.7 Å². The number of benzene rings is 2. The number of methoxy groups -OCH3 is 1. The molecule has 2 aromatic carbocycles. The maximum atomic E-state index is 13.1. The molecule has 0 radical (unpaired) electrons. The van der Waals surface area contributed by atoms with Gasteiger partial charge in [0.05, 0.1) is 25.2 Å². The second-order valence-corrected chi connectivity index (χ2v) is 10.2. The number of amides is 2. The van der Waals surface area contributed by atoms with Crippen molar-refractivity contribution in [3.63, 3.8) is 0 Å². The molecule has 34 heavy (non-hydrogen) atoms. The van der Waals surface area contributed by atoms with E-state index in [2.05, 4.69) is 17.3 Å². The summed E-state index contributed by atoms with van der Waals surface area (Å²) in [5, 5.41) is 6.45. The molecule has 0 spiro atoms.